The van der Waals surface area contributed by atoms with Gasteiger partial charge < -0.3 is 5.32 Å². The Labute approximate surface area is 199 Å². The largest absolute Gasteiger partial charge is 0.325 e. The summed E-state index contributed by atoms with van der Waals surface area (Å²) in [6.07, 6.45) is 3.31. The Kier molecular flexibility index (Phi) is 7.25. The number of rotatable bonds is 8. The molecule has 4 aromatic rings. The predicted molar refractivity (Wildman–Crippen MR) is 134 cm³/mol. The lowest BCUT2D eigenvalue weighted by molar-refractivity contribution is -0.113. The topological polar surface area (TPSA) is 64.0 Å². The molecule has 0 saturated heterocycles. The Hall–Kier alpha value is -2.97. The first-order valence-electron chi connectivity index (χ1n) is 10.7. The second-order valence-corrected chi connectivity index (χ2v) is 9.60. The molecule has 0 atom stereocenters. The van der Waals surface area contributed by atoms with Gasteiger partial charge in [0.25, 0.3) is 5.56 Å². The molecule has 0 spiro atoms. The summed E-state index contributed by atoms with van der Waals surface area (Å²) in [6, 6.07) is 13.9. The van der Waals surface area contributed by atoms with Crippen molar-refractivity contribution in [2.75, 3.05) is 11.1 Å². The number of nitrogens with zero attached hydrogens (tertiary/aromatic N) is 2. The molecule has 5 nitrogen and oxygen atoms in total. The lowest BCUT2D eigenvalue weighted by atomic mass is 10.1. The van der Waals surface area contributed by atoms with Gasteiger partial charge >= 0.3 is 0 Å². The van der Waals surface area contributed by atoms with Crippen molar-refractivity contribution in [1.82, 2.24) is 9.55 Å². The summed E-state index contributed by atoms with van der Waals surface area (Å²) in [5, 5.41) is 5.10. The lowest BCUT2D eigenvalue weighted by Gasteiger charge is -2.14. The van der Waals surface area contributed by atoms with Crippen LogP contribution in [0.15, 0.2) is 63.9 Å². The van der Waals surface area contributed by atoms with Gasteiger partial charge in [-0.15, -0.1) is 11.3 Å². The molecule has 2 aromatic carbocycles. The van der Waals surface area contributed by atoms with Crippen molar-refractivity contribution in [2.24, 2.45) is 0 Å². The summed E-state index contributed by atoms with van der Waals surface area (Å²) in [7, 11) is 0. The molecule has 0 aliphatic rings. The third-order valence-corrected chi connectivity index (χ3v) is 7.07. The van der Waals surface area contributed by atoms with Crippen molar-refractivity contribution in [3.05, 3.63) is 81.2 Å². The second-order valence-electron chi connectivity index (χ2n) is 7.74. The third-order valence-electron chi connectivity index (χ3n) is 5.24. The van der Waals surface area contributed by atoms with Gasteiger partial charge in [-0.1, -0.05) is 37.2 Å². The van der Waals surface area contributed by atoms with E-state index in [4.69, 9.17) is 0 Å². The van der Waals surface area contributed by atoms with Gasteiger partial charge in [0.05, 0.1) is 17.0 Å². The highest BCUT2D eigenvalue weighted by Crippen LogP contribution is 2.25. The Morgan fingerprint density at radius 3 is 2.70 bits per heavy atom. The number of amides is 1. The number of fused-ring (bicyclic) bond motifs is 1. The molecular formula is C25H24FN3O2S2. The van der Waals surface area contributed by atoms with Crippen LogP contribution in [0.5, 0.6) is 0 Å². The molecule has 1 N–H and O–H groups in total. The number of anilines is 1. The minimum absolute atomic E-state index is 0.0832. The fourth-order valence-corrected chi connectivity index (χ4v) is 5.10. The Morgan fingerprint density at radius 1 is 1.18 bits per heavy atom. The predicted octanol–water partition coefficient (Wildman–Crippen LogP) is 5.97. The molecule has 0 saturated carbocycles. The molecule has 4 rings (SSSR count). The molecule has 1 amide bonds. The molecule has 0 aliphatic heterocycles. The van der Waals surface area contributed by atoms with Gasteiger partial charge in [0, 0.05) is 5.69 Å². The van der Waals surface area contributed by atoms with Gasteiger partial charge in [-0.25, -0.2) is 9.37 Å². The van der Waals surface area contributed by atoms with Gasteiger partial charge in [0.15, 0.2) is 5.16 Å². The van der Waals surface area contributed by atoms with E-state index < -0.39 is 0 Å². The number of carbonyl (C=O) groups is 1. The number of aromatic nitrogens is 2. The van der Waals surface area contributed by atoms with Crippen molar-refractivity contribution in [2.45, 2.75) is 38.3 Å². The van der Waals surface area contributed by atoms with Crippen LogP contribution in [-0.2, 0) is 11.2 Å². The summed E-state index contributed by atoms with van der Waals surface area (Å²) in [6.45, 7) is 3.91. The Balaban J connectivity index is 1.56. The zero-order valence-corrected chi connectivity index (χ0v) is 20.1. The first-order valence-corrected chi connectivity index (χ1v) is 12.6. The molecule has 0 radical (unpaired) electrons. The van der Waals surface area contributed by atoms with Crippen molar-refractivity contribution in [3.8, 4) is 5.69 Å². The number of carbonyl (C=O) groups excluding carboxylic acids is 1. The quantitative estimate of drug-likeness (QED) is 0.249. The first-order chi connectivity index (χ1) is 16.0. The normalized spacial score (nSPS) is 11.1. The third kappa shape index (κ3) is 5.34. The van der Waals surface area contributed by atoms with E-state index in [1.807, 2.05) is 29.6 Å². The summed E-state index contributed by atoms with van der Waals surface area (Å²) < 4.78 is 15.6. The lowest BCUT2D eigenvalue weighted by Crippen LogP contribution is -2.23. The number of benzene rings is 2. The molecule has 0 aliphatic carbocycles. The molecule has 2 aromatic heterocycles. The number of nitrogens with one attached hydrogen (secondary N) is 1. The SMILES string of the molecule is CCCCc1ccc(NC(=O)CSc2nc3ccsc3c(=O)n2-c2ccc(F)cc2C)cc1. The maximum absolute atomic E-state index is 13.7. The van der Waals surface area contributed by atoms with E-state index >= 15 is 0 Å². The summed E-state index contributed by atoms with van der Waals surface area (Å²) >= 11 is 2.49. The minimum atomic E-state index is -0.372. The number of thiophene rings is 1. The Bertz CT molecular complexity index is 1350. The molecule has 33 heavy (non-hydrogen) atoms. The highest BCUT2D eigenvalue weighted by Gasteiger charge is 2.17. The van der Waals surface area contributed by atoms with Gasteiger partial charge in [-0.2, -0.15) is 0 Å². The molecule has 0 bridgehead atoms. The molecule has 0 fully saturated rings. The van der Waals surface area contributed by atoms with Crippen LogP contribution in [0.2, 0.25) is 0 Å². The number of hydrogen-bond donors (Lipinski definition) is 1. The van der Waals surface area contributed by atoms with Crippen LogP contribution < -0.4 is 10.9 Å². The van der Waals surface area contributed by atoms with E-state index in [1.165, 1.54) is 45.4 Å². The molecule has 2 heterocycles. The number of aryl methyl sites for hydroxylation is 2. The van der Waals surface area contributed by atoms with E-state index in [9.17, 15) is 14.0 Å². The molecule has 0 unspecified atom stereocenters. The van der Waals surface area contributed by atoms with Gasteiger partial charge in [-0.3, -0.25) is 14.2 Å². The maximum Gasteiger partial charge on any atom is 0.276 e. The zero-order chi connectivity index (χ0) is 23.4. The van der Waals surface area contributed by atoms with Crippen molar-refractivity contribution in [3.63, 3.8) is 0 Å². The maximum atomic E-state index is 13.7. The summed E-state index contributed by atoms with van der Waals surface area (Å²) in [4.78, 5) is 30.4. The average molecular weight is 482 g/mol. The van der Waals surface area contributed by atoms with E-state index in [2.05, 4.69) is 17.2 Å². The summed E-state index contributed by atoms with van der Waals surface area (Å²) in [5.41, 5.74) is 3.51. The van der Waals surface area contributed by atoms with Crippen LogP contribution in [0, 0.1) is 12.7 Å². The fourth-order valence-electron chi connectivity index (χ4n) is 3.53. The average Bonchev–Trinajstić information content (AvgIpc) is 3.27. The standard InChI is InChI=1S/C25H24FN3O2S2/c1-3-4-5-17-6-9-19(10-7-17)27-22(30)15-33-25-28-20-12-13-32-23(20)24(31)29(25)21-11-8-18(26)14-16(21)2/h6-14H,3-5,15H2,1-2H3,(H,27,30). The van der Waals surface area contributed by atoms with Crippen molar-refractivity contribution >= 4 is 44.9 Å². The smallest absolute Gasteiger partial charge is 0.276 e. The number of hydrogen-bond acceptors (Lipinski definition) is 5. The summed E-state index contributed by atoms with van der Waals surface area (Å²) in [5.74, 6) is -0.480. The molecule has 170 valence electrons. The van der Waals surface area contributed by atoms with Crippen LogP contribution in [0.25, 0.3) is 15.9 Å². The monoisotopic (exact) mass is 481 g/mol. The fraction of sp³-hybridized carbons (Fsp3) is 0.240. The second kappa shape index (κ2) is 10.3. The van der Waals surface area contributed by atoms with E-state index in [-0.39, 0.29) is 23.0 Å². The Morgan fingerprint density at radius 2 is 1.97 bits per heavy atom. The van der Waals surface area contributed by atoms with Crippen LogP contribution in [0.4, 0.5) is 10.1 Å². The first kappa shape index (κ1) is 23.2. The zero-order valence-electron chi connectivity index (χ0n) is 18.4. The van der Waals surface area contributed by atoms with Gasteiger partial charge in [0.1, 0.15) is 10.5 Å². The van der Waals surface area contributed by atoms with Crippen LogP contribution in [0.1, 0.15) is 30.9 Å². The van der Waals surface area contributed by atoms with Gasteiger partial charge in [-0.05, 0) is 72.7 Å². The van der Waals surface area contributed by atoms with E-state index in [0.717, 1.165) is 24.9 Å². The van der Waals surface area contributed by atoms with Crippen LogP contribution >= 0.6 is 23.1 Å². The number of unbranched alkanes of at least 4 members (excludes halogenated alkanes) is 1. The number of halogens is 1. The van der Waals surface area contributed by atoms with Crippen molar-refractivity contribution < 1.29 is 9.18 Å². The van der Waals surface area contributed by atoms with Crippen LogP contribution in [0.3, 0.4) is 0 Å². The number of thioether (sulfide) groups is 1. The van der Waals surface area contributed by atoms with Crippen molar-refractivity contribution in [1.29, 1.82) is 0 Å². The minimum Gasteiger partial charge on any atom is -0.325 e. The van der Waals surface area contributed by atoms with E-state index in [1.54, 1.807) is 19.1 Å². The van der Waals surface area contributed by atoms with E-state index in [0.29, 0.717) is 26.6 Å². The van der Waals surface area contributed by atoms with Crippen LogP contribution in [-0.4, -0.2) is 21.2 Å². The van der Waals surface area contributed by atoms with Gasteiger partial charge in [0.2, 0.25) is 5.91 Å². The molecular weight excluding hydrogens is 457 g/mol. The molecule has 8 heteroatoms. The highest BCUT2D eigenvalue weighted by atomic mass is 32.2. The highest BCUT2D eigenvalue weighted by molar-refractivity contribution is 7.99.